The minimum atomic E-state index is -0.609. The standard InChI is InChI=1S/C43H43N7O4/c1-48(2)40(30-13-7-4-8-14-30)43(54)50-24-10-16-37(50)42(53)46-32-21-22-35-33(26-32)34(27-44)39(47-35)29-17-19-31(20-18-29)45-41(52)36-15-9-23-49(36)38(51)25-28-11-5-3-6-12-28/h3-8,11-14,17-22,26,36-37,40,47H,9-10,15-16,23-25H2,1-2H3,(H,45,52)(H,46,53)/t36-,37-,40+/m0/s1. The van der Waals surface area contributed by atoms with Crippen LogP contribution < -0.4 is 10.6 Å². The molecule has 3 heterocycles. The predicted octanol–water partition coefficient (Wildman–Crippen LogP) is 6.11. The summed E-state index contributed by atoms with van der Waals surface area (Å²) in [5.74, 6) is -0.661. The summed E-state index contributed by atoms with van der Waals surface area (Å²) >= 11 is 0. The van der Waals surface area contributed by atoms with E-state index in [-0.39, 0.29) is 30.0 Å². The number of amides is 4. The number of likely N-dealkylation sites (N-methyl/N-ethyl adjacent to an activating group) is 1. The Kier molecular flexibility index (Phi) is 10.6. The number of H-pyrrole nitrogens is 1. The second-order valence-corrected chi connectivity index (χ2v) is 14.2. The summed E-state index contributed by atoms with van der Waals surface area (Å²) in [5, 5.41) is 16.9. The van der Waals surface area contributed by atoms with Crippen molar-refractivity contribution in [1.82, 2.24) is 19.7 Å². The molecule has 0 unspecified atom stereocenters. The quantitative estimate of drug-likeness (QED) is 0.159. The molecule has 0 radical (unpaired) electrons. The largest absolute Gasteiger partial charge is 0.353 e. The zero-order chi connectivity index (χ0) is 37.8. The summed E-state index contributed by atoms with van der Waals surface area (Å²) in [4.78, 5) is 62.4. The van der Waals surface area contributed by atoms with E-state index in [9.17, 15) is 24.4 Å². The molecule has 2 aliphatic heterocycles. The highest BCUT2D eigenvalue weighted by molar-refractivity contribution is 6.02. The lowest BCUT2D eigenvalue weighted by Gasteiger charge is -2.31. The first-order valence-corrected chi connectivity index (χ1v) is 18.3. The van der Waals surface area contributed by atoms with Gasteiger partial charge in [-0.15, -0.1) is 0 Å². The Morgan fingerprint density at radius 2 is 1.39 bits per heavy atom. The number of aromatic nitrogens is 1. The van der Waals surface area contributed by atoms with Gasteiger partial charge in [-0.3, -0.25) is 24.1 Å². The van der Waals surface area contributed by atoms with E-state index in [1.807, 2.05) is 97.9 Å². The average Bonchev–Trinajstić information content (AvgIpc) is 3.95. The third-order valence-electron chi connectivity index (χ3n) is 10.4. The van der Waals surface area contributed by atoms with Crippen molar-refractivity contribution in [3.05, 3.63) is 120 Å². The van der Waals surface area contributed by atoms with Gasteiger partial charge in [0.1, 0.15) is 24.2 Å². The molecule has 0 saturated carbocycles. The van der Waals surface area contributed by atoms with Crippen LogP contribution in [0.2, 0.25) is 0 Å². The predicted molar refractivity (Wildman–Crippen MR) is 208 cm³/mol. The van der Waals surface area contributed by atoms with Crippen molar-refractivity contribution in [2.75, 3.05) is 37.8 Å². The van der Waals surface area contributed by atoms with Crippen LogP contribution in [0.4, 0.5) is 11.4 Å². The average molecular weight is 722 g/mol. The monoisotopic (exact) mass is 721 g/mol. The molecule has 0 spiro atoms. The molecule has 2 fully saturated rings. The first kappa shape index (κ1) is 36.1. The van der Waals surface area contributed by atoms with Gasteiger partial charge in [-0.25, -0.2) is 0 Å². The molecular formula is C43H43N7O4. The minimum Gasteiger partial charge on any atom is -0.353 e. The highest BCUT2D eigenvalue weighted by atomic mass is 16.2. The van der Waals surface area contributed by atoms with E-state index in [2.05, 4.69) is 21.7 Å². The summed E-state index contributed by atoms with van der Waals surface area (Å²) in [6.07, 6.45) is 2.92. The SMILES string of the molecule is CN(C)[C@@H](C(=O)N1CCC[C@H]1C(=O)Nc1ccc2[nH]c(-c3ccc(NC(=O)[C@@H]4CCCN4C(=O)Cc4ccccc4)cc3)c(C#N)c2c1)c1ccccc1. The van der Waals surface area contributed by atoms with E-state index in [1.165, 1.54) is 0 Å². The molecule has 2 saturated heterocycles. The Hall–Kier alpha value is -6.25. The first-order chi connectivity index (χ1) is 26.2. The molecule has 4 amide bonds. The van der Waals surface area contributed by atoms with Gasteiger partial charge in [0.15, 0.2) is 0 Å². The number of nitrogens with zero attached hydrogens (tertiary/aromatic N) is 4. The smallest absolute Gasteiger partial charge is 0.247 e. The van der Waals surface area contributed by atoms with Crippen LogP contribution in [0.15, 0.2) is 103 Å². The van der Waals surface area contributed by atoms with Gasteiger partial charge in [0.2, 0.25) is 23.6 Å². The fourth-order valence-corrected chi connectivity index (χ4v) is 7.74. The lowest BCUT2D eigenvalue weighted by atomic mass is 10.0. The zero-order valence-electron chi connectivity index (χ0n) is 30.4. The Balaban J connectivity index is 1.03. The Labute approximate surface area is 314 Å². The van der Waals surface area contributed by atoms with Crippen molar-refractivity contribution in [3.63, 3.8) is 0 Å². The van der Waals surface area contributed by atoms with Crippen molar-refractivity contribution in [3.8, 4) is 17.3 Å². The topological polar surface area (TPSA) is 142 Å². The third-order valence-corrected chi connectivity index (χ3v) is 10.4. The summed E-state index contributed by atoms with van der Waals surface area (Å²) < 4.78 is 0. The Bertz CT molecular complexity index is 2210. The number of rotatable bonds is 10. The molecule has 7 rings (SSSR count). The second kappa shape index (κ2) is 15.8. The number of benzene rings is 4. The number of aromatic amines is 1. The molecule has 3 atom stereocenters. The van der Waals surface area contributed by atoms with Crippen LogP contribution in [0, 0.1) is 11.3 Å². The van der Waals surface area contributed by atoms with Gasteiger partial charge in [-0.2, -0.15) is 5.26 Å². The molecule has 2 aliphatic rings. The number of nitrogens with one attached hydrogen (secondary N) is 3. The minimum absolute atomic E-state index is 0.0626. The molecule has 5 aromatic rings. The number of hydrogen-bond donors (Lipinski definition) is 3. The molecule has 0 aliphatic carbocycles. The maximum absolute atomic E-state index is 13.8. The Morgan fingerprint density at radius 1 is 0.796 bits per heavy atom. The molecule has 54 heavy (non-hydrogen) atoms. The van der Waals surface area contributed by atoms with Gasteiger partial charge in [-0.1, -0.05) is 72.8 Å². The van der Waals surface area contributed by atoms with Crippen LogP contribution in [0.3, 0.4) is 0 Å². The molecule has 4 aromatic carbocycles. The van der Waals surface area contributed by atoms with Crippen LogP contribution >= 0.6 is 0 Å². The van der Waals surface area contributed by atoms with Gasteiger partial charge < -0.3 is 25.4 Å². The maximum atomic E-state index is 13.8. The van der Waals surface area contributed by atoms with Crippen molar-refractivity contribution >= 4 is 45.9 Å². The van der Waals surface area contributed by atoms with E-state index in [4.69, 9.17) is 0 Å². The number of hydrogen-bond acceptors (Lipinski definition) is 6. The first-order valence-electron chi connectivity index (χ1n) is 18.3. The number of likely N-dealkylation sites (tertiary alicyclic amines) is 2. The highest BCUT2D eigenvalue weighted by Gasteiger charge is 2.38. The third kappa shape index (κ3) is 7.47. The summed E-state index contributed by atoms with van der Waals surface area (Å²) in [6, 6.07) is 32.4. The lowest BCUT2D eigenvalue weighted by Crippen LogP contribution is -2.47. The lowest BCUT2D eigenvalue weighted by molar-refractivity contribution is -0.140. The van der Waals surface area contributed by atoms with Crippen LogP contribution in [0.25, 0.3) is 22.2 Å². The fourth-order valence-electron chi connectivity index (χ4n) is 7.74. The molecule has 11 nitrogen and oxygen atoms in total. The normalized spacial score (nSPS) is 17.4. The zero-order valence-corrected chi connectivity index (χ0v) is 30.4. The van der Waals surface area contributed by atoms with Gasteiger partial charge in [-0.05, 0) is 86.8 Å². The van der Waals surface area contributed by atoms with Gasteiger partial charge in [0, 0.05) is 35.4 Å². The van der Waals surface area contributed by atoms with Crippen molar-refractivity contribution in [2.24, 2.45) is 0 Å². The van der Waals surface area contributed by atoms with Gasteiger partial charge in [0.05, 0.1) is 17.7 Å². The van der Waals surface area contributed by atoms with Crippen LogP contribution in [0.5, 0.6) is 0 Å². The highest BCUT2D eigenvalue weighted by Crippen LogP contribution is 2.33. The van der Waals surface area contributed by atoms with E-state index >= 15 is 0 Å². The van der Waals surface area contributed by atoms with E-state index in [1.54, 1.807) is 34.1 Å². The van der Waals surface area contributed by atoms with E-state index in [0.29, 0.717) is 53.9 Å². The Morgan fingerprint density at radius 3 is 2.04 bits per heavy atom. The molecule has 1 aromatic heterocycles. The van der Waals surface area contributed by atoms with Crippen molar-refractivity contribution in [1.29, 1.82) is 5.26 Å². The van der Waals surface area contributed by atoms with Crippen LogP contribution in [-0.4, -0.2) is 82.6 Å². The van der Waals surface area contributed by atoms with E-state index in [0.717, 1.165) is 35.0 Å². The second-order valence-electron chi connectivity index (χ2n) is 14.2. The number of anilines is 2. The fraction of sp³-hybridized carbons (Fsp3) is 0.279. The van der Waals surface area contributed by atoms with Crippen molar-refractivity contribution < 1.29 is 19.2 Å². The molecule has 274 valence electrons. The number of carbonyl (C=O) groups excluding carboxylic acids is 4. The number of fused-ring (bicyclic) bond motifs is 1. The summed E-state index contributed by atoms with van der Waals surface area (Å²) in [5.41, 5.74) is 5.43. The van der Waals surface area contributed by atoms with Gasteiger partial charge in [0.25, 0.3) is 0 Å². The molecule has 11 heteroatoms. The maximum Gasteiger partial charge on any atom is 0.247 e. The number of carbonyl (C=O) groups is 4. The summed E-state index contributed by atoms with van der Waals surface area (Å²) in [6.45, 7) is 1.05. The molecule has 3 N–H and O–H groups in total. The van der Waals surface area contributed by atoms with Crippen LogP contribution in [-0.2, 0) is 25.6 Å². The van der Waals surface area contributed by atoms with E-state index < -0.39 is 18.1 Å². The van der Waals surface area contributed by atoms with Crippen molar-refractivity contribution in [2.45, 2.75) is 50.2 Å². The number of nitriles is 1. The van der Waals surface area contributed by atoms with Crippen LogP contribution in [0.1, 0.15) is 48.4 Å². The summed E-state index contributed by atoms with van der Waals surface area (Å²) in [7, 11) is 3.73. The molecule has 0 bridgehead atoms. The van der Waals surface area contributed by atoms with Gasteiger partial charge >= 0.3 is 0 Å². The molecular weight excluding hydrogens is 679 g/mol.